The van der Waals surface area contributed by atoms with E-state index >= 15 is 0 Å². The number of thioether (sulfide) groups is 1. The van der Waals surface area contributed by atoms with Gasteiger partial charge in [-0.05, 0) is 62.8 Å². The predicted molar refractivity (Wildman–Crippen MR) is 119 cm³/mol. The molecule has 5 nitrogen and oxygen atoms in total. The molecule has 3 aliphatic carbocycles. The van der Waals surface area contributed by atoms with Crippen LogP contribution in [0.3, 0.4) is 0 Å². The van der Waals surface area contributed by atoms with Gasteiger partial charge in [-0.1, -0.05) is 31.0 Å². The highest BCUT2D eigenvalue weighted by molar-refractivity contribution is 7.99. The first-order valence-corrected chi connectivity index (χ1v) is 13.0. The zero-order valence-corrected chi connectivity index (χ0v) is 18.5. The maximum absolute atomic E-state index is 13.6. The number of fused-ring (bicyclic) bond motifs is 3. The first kappa shape index (κ1) is 19.6. The molecule has 0 atom stereocenters. The monoisotopic (exact) mass is 431 g/mol. The SMILES string of the molecule is O=C(CSc1nc2sc3c(c2c(=O)n1C1CCCC1)CCCC3)NCC1CCC1. The number of hydrogen-bond donors (Lipinski definition) is 1. The Morgan fingerprint density at radius 2 is 1.90 bits per heavy atom. The van der Waals surface area contributed by atoms with Gasteiger partial charge in [0.1, 0.15) is 4.83 Å². The molecule has 3 aliphatic rings. The maximum atomic E-state index is 13.6. The quantitative estimate of drug-likeness (QED) is 0.542. The number of hydrogen-bond acceptors (Lipinski definition) is 5. The highest BCUT2D eigenvalue weighted by atomic mass is 32.2. The summed E-state index contributed by atoms with van der Waals surface area (Å²) in [6.45, 7) is 0.791. The molecule has 2 heterocycles. The van der Waals surface area contributed by atoms with Gasteiger partial charge in [0.2, 0.25) is 5.91 Å². The summed E-state index contributed by atoms with van der Waals surface area (Å²) in [6, 6.07) is 0.235. The van der Waals surface area contributed by atoms with Crippen LogP contribution in [0.15, 0.2) is 9.95 Å². The second-order valence-electron chi connectivity index (χ2n) is 8.79. The van der Waals surface area contributed by atoms with Gasteiger partial charge in [-0.3, -0.25) is 14.2 Å². The lowest BCUT2D eigenvalue weighted by Gasteiger charge is -2.25. The topological polar surface area (TPSA) is 64.0 Å². The highest BCUT2D eigenvalue weighted by Crippen LogP contribution is 2.37. The normalized spacial score (nSPS) is 20.0. The average Bonchev–Trinajstić information content (AvgIpc) is 3.32. The zero-order valence-electron chi connectivity index (χ0n) is 16.9. The molecule has 0 radical (unpaired) electrons. The summed E-state index contributed by atoms with van der Waals surface area (Å²) in [7, 11) is 0. The molecule has 1 N–H and O–H groups in total. The summed E-state index contributed by atoms with van der Waals surface area (Å²) < 4.78 is 1.95. The second-order valence-corrected chi connectivity index (χ2v) is 10.8. The lowest BCUT2D eigenvalue weighted by Crippen LogP contribution is -2.33. The molecule has 0 unspecified atom stereocenters. The third-order valence-corrected chi connectivity index (χ3v) is 8.96. The van der Waals surface area contributed by atoms with Crippen molar-refractivity contribution < 1.29 is 4.79 Å². The van der Waals surface area contributed by atoms with Crippen molar-refractivity contribution in [3.63, 3.8) is 0 Å². The molecule has 2 aromatic heterocycles. The minimum Gasteiger partial charge on any atom is -0.355 e. The molecule has 2 aromatic rings. The zero-order chi connectivity index (χ0) is 19.8. The molecule has 0 bridgehead atoms. The van der Waals surface area contributed by atoms with Gasteiger partial charge in [-0.25, -0.2) is 4.98 Å². The number of aryl methyl sites for hydroxylation is 2. The van der Waals surface area contributed by atoms with Crippen LogP contribution in [0.4, 0.5) is 0 Å². The van der Waals surface area contributed by atoms with E-state index in [2.05, 4.69) is 5.32 Å². The van der Waals surface area contributed by atoms with Crippen LogP contribution in [0.5, 0.6) is 0 Å². The highest BCUT2D eigenvalue weighted by Gasteiger charge is 2.27. The van der Waals surface area contributed by atoms with Crippen LogP contribution in [-0.4, -0.2) is 27.8 Å². The Hall–Kier alpha value is -1.34. The van der Waals surface area contributed by atoms with E-state index in [1.54, 1.807) is 11.3 Å². The predicted octanol–water partition coefficient (Wildman–Crippen LogP) is 4.46. The van der Waals surface area contributed by atoms with Crippen LogP contribution in [0.25, 0.3) is 10.2 Å². The van der Waals surface area contributed by atoms with E-state index < -0.39 is 0 Å². The number of aromatic nitrogens is 2. The Balaban J connectivity index is 1.43. The molecule has 0 spiro atoms. The van der Waals surface area contributed by atoms with Crippen molar-refractivity contribution >= 4 is 39.2 Å². The van der Waals surface area contributed by atoms with Gasteiger partial charge in [-0.2, -0.15) is 0 Å². The molecule has 5 rings (SSSR count). The van der Waals surface area contributed by atoms with Crippen molar-refractivity contribution in [1.29, 1.82) is 0 Å². The summed E-state index contributed by atoms with van der Waals surface area (Å²) in [6.07, 6.45) is 12.6. The van der Waals surface area contributed by atoms with Crippen molar-refractivity contribution in [3.8, 4) is 0 Å². The minimum atomic E-state index is 0.0553. The summed E-state index contributed by atoms with van der Waals surface area (Å²) in [5.74, 6) is 1.05. The van der Waals surface area contributed by atoms with Crippen molar-refractivity contribution in [2.24, 2.45) is 5.92 Å². The molecular formula is C22H29N3O2S2. The number of carbonyl (C=O) groups is 1. The minimum absolute atomic E-state index is 0.0553. The van der Waals surface area contributed by atoms with E-state index in [4.69, 9.17) is 4.98 Å². The molecule has 0 aromatic carbocycles. The van der Waals surface area contributed by atoms with Crippen LogP contribution < -0.4 is 10.9 Å². The van der Waals surface area contributed by atoms with Crippen LogP contribution >= 0.6 is 23.1 Å². The van der Waals surface area contributed by atoms with Crippen LogP contribution in [0.1, 0.15) is 74.3 Å². The van der Waals surface area contributed by atoms with E-state index in [0.29, 0.717) is 11.7 Å². The Morgan fingerprint density at radius 3 is 2.66 bits per heavy atom. The van der Waals surface area contributed by atoms with Crippen molar-refractivity contribution in [2.45, 2.75) is 81.8 Å². The fourth-order valence-corrected chi connectivity index (χ4v) is 7.12. The standard InChI is InChI=1S/C22H29N3O2S2/c26-18(23-12-14-6-5-7-14)13-28-22-24-20-19(16-10-3-4-11-17(16)29-20)21(27)25(22)15-8-1-2-9-15/h14-15H,1-13H2,(H,23,26). The Labute approximate surface area is 179 Å². The molecule has 2 fully saturated rings. The van der Waals surface area contributed by atoms with Gasteiger partial charge in [-0.15, -0.1) is 11.3 Å². The van der Waals surface area contributed by atoms with Gasteiger partial charge in [0.05, 0.1) is 11.1 Å². The number of thiophene rings is 1. The van der Waals surface area contributed by atoms with E-state index in [1.807, 2.05) is 4.57 Å². The van der Waals surface area contributed by atoms with Crippen molar-refractivity contribution in [2.75, 3.05) is 12.3 Å². The number of nitrogens with zero attached hydrogens (tertiary/aromatic N) is 2. The van der Waals surface area contributed by atoms with E-state index in [1.165, 1.54) is 67.1 Å². The van der Waals surface area contributed by atoms with Crippen LogP contribution in [0.2, 0.25) is 0 Å². The molecule has 2 saturated carbocycles. The van der Waals surface area contributed by atoms with Gasteiger partial charge >= 0.3 is 0 Å². The average molecular weight is 432 g/mol. The summed E-state index contributed by atoms with van der Waals surface area (Å²) in [4.78, 5) is 33.1. The van der Waals surface area contributed by atoms with E-state index in [9.17, 15) is 9.59 Å². The number of carbonyl (C=O) groups excluding carboxylic acids is 1. The van der Waals surface area contributed by atoms with E-state index in [0.717, 1.165) is 47.6 Å². The van der Waals surface area contributed by atoms with Gasteiger partial charge in [0, 0.05) is 17.5 Å². The molecular weight excluding hydrogens is 402 g/mol. The maximum Gasteiger partial charge on any atom is 0.263 e. The summed E-state index contributed by atoms with van der Waals surface area (Å²) >= 11 is 3.14. The first-order chi connectivity index (χ1) is 14.2. The van der Waals surface area contributed by atoms with Crippen LogP contribution in [0, 0.1) is 5.92 Å². The smallest absolute Gasteiger partial charge is 0.263 e. The lowest BCUT2D eigenvalue weighted by molar-refractivity contribution is -0.118. The molecule has 29 heavy (non-hydrogen) atoms. The molecule has 0 saturated heterocycles. The van der Waals surface area contributed by atoms with Gasteiger partial charge in [0.25, 0.3) is 5.56 Å². The third kappa shape index (κ3) is 3.88. The number of nitrogens with one attached hydrogen (secondary N) is 1. The summed E-state index contributed by atoms with van der Waals surface area (Å²) in [5, 5.41) is 4.68. The van der Waals surface area contributed by atoms with Crippen molar-refractivity contribution in [3.05, 3.63) is 20.8 Å². The lowest BCUT2D eigenvalue weighted by atomic mass is 9.85. The molecule has 156 valence electrons. The Morgan fingerprint density at radius 1 is 1.10 bits per heavy atom. The Bertz CT molecular complexity index is 971. The van der Waals surface area contributed by atoms with Gasteiger partial charge in [0.15, 0.2) is 5.16 Å². The molecule has 0 aliphatic heterocycles. The largest absolute Gasteiger partial charge is 0.355 e. The van der Waals surface area contributed by atoms with Gasteiger partial charge < -0.3 is 5.32 Å². The fraction of sp³-hybridized carbons (Fsp3) is 0.682. The second kappa shape index (κ2) is 8.42. The van der Waals surface area contributed by atoms with Crippen LogP contribution in [-0.2, 0) is 17.6 Å². The summed E-state index contributed by atoms with van der Waals surface area (Å²) in [5.41, 5.74) is 1.40. The van der Waals surface area contributed by atoms with E-state index in [-0.39, 0.29) is 17.5 Å². The number of amides is 1. The molecule has 1 amide bonds. The molecule has 7 heteroatoms. The first-order valence-electron chi connectivity index (χ1n) is 11.2. The fourth-order valence-electron chi connectivity index (χ4n) is 4.92. The third-order valence-electron chi connectivity index (χ3n) is 6.82. The van der Waals surface area contributed by atoms with Crippen molar-refractivity contribution in [1.82, 2.24) is 14.9 Å². The number of rotatable bonds is 6. The Kier molecular flexibility index (Phi) is 5.69.